The molecule has 0 aliphatic heterocycles. The first-order valence-electron chi connectivity index (χ1n) is 5.89. The fraction of sp³-hybridized carbons (Fsp3) is 0.385. The van der Waals surface area contributed by atoms with E-state index in [9.17, 15) is 9.59 Å². The molecule has 1 aromatic rings. The van der Waals surface area contributed by atoms with Crippen LogP contribution in [0.25, 0.3) is 0 Å². The normalized spacial score (nSPS) is 10.5. The van der Waals surface area contributed by atoms with Crippen LogP contribution in [0.5, 0.6) is 0 Å². The Kier molecular flexibility index (Phi) is 4.74. The number of hydrazine groups is 1. The van der Waals surface area contributed by atoms with Gasteiger partial charge in [-0.1, -0.05) is 17.7 Å². The van der Waals surface area contributed by atoms with Crippen LogP contribution in [-0.2, 0) is 4.74 Å². The number of carbonyl (C=O) groups is 2. The van der Waals surface area contributed by atoms with Crippen LogP contribution in [0, 0.1) is 6.92 Å². The number of urea groups is 1. The summed E-state index contributed by atoms with van der Waals surface area (Å²) >= 11 is 0. The third-order valence-corrected chi connectivity index (χ3v) is 1.99. The molecule has 19 heavy (non-hydrogen) atoms. The van der Waals surface area contributed by atoms with Crippen molar-refractivity contribution in [2.75, 3.05) is 5.32 Å². The molecule has 0 aromatic heterocycles. The number of hydrogen-bond acceptors (Lipinski definition) is 3. The van der Waals surface area contributed by atoms with Gasteiger partial charge in [0, 0.05) is 5.69 Å². The Labute approximate surface area is 112 Å². The van der Waals surface area contributed by atoms with Crippen LogP contribution >= 0.6 is 0 Å². The summed E-state index contributed by atoms with van der Waals surface area (Å²) in [5.74, 6) is 0. The first-order valence-corrected chi connectivity index (χ1v) is 5.89. The van der Waals surface area contributed by atoms with Crippen molar-refractivity contribution < 1.29 is 14.3 Å². The lowest BCUT2D eigenvalue weighted by Crippen LogP contribution is -2.46. The quantitative estimate of drug-likeness (QED) is 0.683. The van der Waals surface area contributed by atoms with Gasteiger partial charge in [-0.25, -0.2) is 20.4 Å². The number of carbonyl (C=O) groups excluding carboxylic acids is 2. The van der Waals surface area contributed by atoms with E-state index in [2.05, 4.69) is 16.2 Å². The summed E-state index contributed by atoms with van der Waals surface area (Å²) in [4.78, 5) is 22.8. The highest BCUT2D eigenvalue weighted by atomic mass is 16.6. The molecule has 0 atom stereocenters. The number of hydrogen-bond donors (Lipinski definition) is 3. The van der Waals surface area contributed by atoms with E-state index >= 15 is 0 Å². The number of anilines is 1. The molecule has 0 bridgehead atoms. The van der Waals surface area contributed by atoms with Gasteiger partial charge in [-0.15, -0.1) is 0 Å². The number of aryl methyl sites for hydroxylation is 1. The van der Waals surface area contributed by atoms with E-state index in [0.717, 1.165) is 5.56 Å². The van der Waals surface area contributed by atoms with Gasteiger partial charge in [0.2, 0.25) is 0 Å². The van der Waals surface area contributed by atoms with Gasteiger partial charge in [0.1, 0.15) is 5.60 Å². The van der Waals surface area contributed by atoms with Crippen LogP contribution in [0.3, 0.4) is 0 Å². The maximum atomic E-state index is 11.5. The smallest absolute Gasteiger partial charge is 0.426 e. The molecule has 0 saturated carbocycles. The van der Waals surface area contributed by atoms with Crippen molar-refractivity contribution >= 4 is 17.8 Å². The third kappa shape index (κ3) is 6.30. The molecule has 0 heterocycles. The lowest BCUT2D eigenvalue weighted by atomic mass is 10.2. The summed E-state index contributed by atoms with van der Waals surface area (Å²) in [5, 5.41) is 2.57. The molecule has 0 spiro atoms. The summed E-state index contributed by atoms with van der Waals surface area (Å²) in [7, 11) is 0. The van der Waals surface area contributed by atoms with Crippen LogP contribution in [0.4, 0.5) is 15.3 Å². The average Bonchev–Trinajstić information content (AvgIpc) is 2.27. The van der Waals surface area contributed by atoms with E-state index in [1.165, 1.54) is 0 Å². The van der Waals surface area contributed by atoms with Crippen LogP contribution in [0.1, 0.15) is 26.3 Å². The summed E-state index contributed by atoms with van der Waals surface area (Å²) < 4.78 is 4.96. The average molecular weight is 265 g/mol. The van der Waals surface area contributed by atoms with Crippen molar-refractivity contribution in [2.45, 2.75) is 33.3 Å². The maximum absolute atomic E-state index is 11.5. The van der Waals surface area contributed by atoms with Crippen molar-refractivity contribution in [3.63, 3.8) is 0 Å². The Hall–Kier alpha value is -2.24. The maximum Gasteiger partial charge on any atom is 0.426 e. The Bertz CT molecular complexity index is 449. The second kappa shape index (κ2) is 6.08. The first kappa shape index (κ1) is 14.8. The first-order chi connectivity index (χ1) is 8.76. The number of amides is 3. The summed E-state index contributed by atoms with van der Waals surface area (Å²) in [6.07, 6.45) is -0.716. The summed E-state index contributed by atoms with van der Waals surface area (Å²) in [6.45, 7) is 7.16. The minimum absolute atomic E-state index is 0.547. The zero-order chi connectivity index (χ0) is 14.5. The molecule has 0 aliphatic rings. The topological polar surface area (TPSA) is 79.5 Å². The Morgan fingerprint density at radius 1 is 1.05 bits per heavy atom. The lowest BCUT2D eigenvalue weighted by Gasteiger charge is -2.19. The molecule has 1 rings (SSSR count). The van der Waals surface area contributed by atoms with Gasteiger partial charge < -0.3 is 10.1 Å². The molecule has 0 unspecified atom stereocenters. The van der Waals surface area contributed by atoms with Gasteiger partial charge in [0.15, 0.2) is 0 Å². The molecule has 6 heteroatoms. The minimum Gasteiger partial charge on any atom is -0.443 e. The zero-order valence-electron chi connectivity index (χ0n) is 11.5. The van der Waals surface area contributed by atoms with Gasteiger partial charge in [0.25, 0.3) is 0 Å². The molecular weight excluding hydrogens is 246 g/mol. The molecule has 0 fully saturated rings. The minimum atomic E-state index is -0.716. The predicted octanol–water partition coefficient (Wildman–Crippen LogP) is 2.56. The van der Waals surface area contributed by atoms with Crippen molar-refractivity contribution in [3.05, 3.63) is 29.8 Å². The number of benzene rings is 1. The fourth-order valence-corrected chi connectivity index (χ4v) is 1.21. The number of ether oxygens (including phenoxy) is 1. The third-order valence-electron chi connectivity index (χ3n) is 1.99. The molecule has 3 amide bonds. The highest BCUT2D eigenvalue weighted by Gasteiger charge is 2.16. The lowest BCUT2D eigenvalue weighted by molar-refractivity contribution is 0.0506. The highest BCUT2D eigenvalue weighted by Crippen LogP contribution is 2.08. The predicted molar refractivity (Wildman–Crippen MR) is 72.7 cm³/mol. The largest absolute Gasteiger partial charge is 0.443 e. The highest BCUT2D eigenvalue weighted by molar-refractivity contribution is 5.90. The van der Waals surface area contributed by atoms with Gasteiger partial charge in [-0.2, -0.15) is 0 Å². The van der Waals surface area contributed by atoms with E-state index in [4.69, 9.17) is 4.74 Å². The number of rotatable bonds is 1. The molecule has 3 N–H and O–H groups in total. The van der Waals surface area contributed by atoms with Crippen molar-refractivity contribution in [1.29, 1.82) is 0 Å². The molecule has 0 saturated heterocycles. The zero-order valence-corrected chi connectivity index (χ0v) is 11.5. The van der Waals surface area contributed by atoms with Crippen LogP contribution in [-0.4, -0.2) is 17.7 Å². The second-order valence-electron chi connectivity index (χ2n) is 5.07. The van der Waals surface area contributed by atoms with E-state index in [0.29, 0.717) is 5.69 Å². The molecule has 0 radical (unpaired) electrons. The van der Waals surface area contributed by atoms with E-state index in [-0.39, 0.29) is 0 Å². The van der Waals surface area contributed by atoms with Crippen molar-refractivity contribution in [2.24, 2.45) is 0 Å². The fourth-order valence-electron chi connectivity index (χ4n) is 1.21. The summed E-state index contributed by atoms with van der Waals surface area (Å²) in [6, 6.07) is 6.73. The Balaban J connectivity index is 2.36. The van der Waals surface area contributed by atoms with Crippen molar-refractivity contribution in [3.8, 4) is 0 Å². The van der Waals surface area contributed by atoms with Gasteiger partial charge in [0.05, 0.1) is 0 Å². The number of nitrogens with one attached hydrogen (secondary N) is 3. The molecule has 0 aliphatic carbocycles. The molecule has 6 nitrogen and oxygen atoms in total. The van der Waals surface area contributed by atoms with Crippen LogP contribution in [0.15, 0.2) is 24.3 Å². The van der Waals surface area contributed by atoms with Crippen LogP contribution in [0.2, 0.25) is 0 Å². The second-order valence-corrected chi connectivity index (χ2v) is 5.07. The standard InChI is InChI=1S/C13H19N3O3/c1-9-5-7-10(8-6-9)14-11(17)15-16-12(18)19-13(2,3)4/h5-8H,1-4H3,(H,16,18)(H2,14,15,17). The van der Waals surface area contributed by atoms with Crippen molar-refractivity contribution in [1.82, 2.24) is 10.9 Å². The van der Waals surface area contributed by atoms with E-state index in [1.807, 2.05) is 19.1 Å². The Morgan fingerprint density at radius 2 is 1.63 bits per heavy atom. The van der Waals surface area contributed by atoms with Gasteiger partial charge in [-0.3, -0.25) is 0 Å². The van der Waals surface area contributed by atoms with Gasteiger partial charge in [-0.05, 0) is 39.8 Å². The van der Waals surface area contributed by atoms with E-state index < -0.39 is 17.7 Å². The Morgan fingerprint density at radius 3 is 2.16 bits per heavy atom. The van der Waals surface area contributed by atoms with Crippen LogP contribution < -0.4 is 16.2 Å². The SMILES string of the molecule is Cc1ccc(NC(=O)NNC(=O)OC(C)(C)C)cc1. The monoisotopic (exact) mass is 265 g/mol. The summed E-state index contributed by atoms with van der Waals surface area (Å²) in [5.41, 5.74) is 5.46. The van der Waals surface area contributed by atoms with Gasteiger partial charge >= 0.3 is 12.1 Å². The molecule has 1 aromatic carbocycles. The molecular formula is C13H19N3O3. The van der Waals surface area contributed by atoms with E-state index in [1.54, 1.807) is 32.9 Å². The molecule has 104 valence electrons.